The average Bonchev–Trinajstić information content (AvgIpc) is 3.08. The van der Waals surface area contributed by atoms with Crippen LogP contribution in [-0.2, 0) is 0 Å². The van der Waals surface area contributed by atoms with Gasteiger partial charge >= 0.3 is 0 Å². The predicted octanol–water partition coefficient (Wildman–Crippen LogP) is 6.82. The Morgan fingerprint density at radius 2 is 1.46 bits per heavy atom. The third-order valence-electron chi connectivity index (χ3n) is 11.4. The van der Waals surface area contributed by atoms with E-state index in [-0.39, 0.29) is 0 Å². The van der Waals surface area contributed by atoms with E-state index in [4.69, 9.17) is 0 Å². The molecule has 5 saturated carbocycles. The molecule has 1 heterocycles. The zero-order chi connectivity index (χ0) is 18.4. The maximum Gasteiger partial charge on any atom is 0.0489 e. The van der Waals surface area contributed by atoms with Crippen LogP contribution in [0.5, 0.6) is 0 Å². The molecular weight excluding hydrogens is 338 g/mol. The molecule has 0 amide bonds. The molecule has 5 unspecified atom stereocenters. The van der Waals surface area contributed by atoms with Gasteiger partial charge in [-0.1, -0.05) is 43.9 Å². The lowest BCUT2D eigenvalue weighted by Gasteiger charge is -2.63. The summed E-state index contributed by atoms with van der Waals surface area (Å²) in [5.74, 6) is 4.28. The van der Waals surface area contributed by atoms with Crippen LogP contribution in [0.2, 0.25) is 0 Å². The highest BCUT2D eigenvalue weighted by atomic mass is 15.3. The molecule has 7 rings (SSSR count). The van der Waals surface area contributed by atoms with Crippen LogP contribution in [0.3, 0.4) is 0 Å². The molecule has 0 radical (unpaired) electrons. The highest BCUT2D eigenvalue weighted by Crippen LogP contribution is 2.78. The Hall–Kier alpha value is -0.980. The van der Waals surface area contributed by atoms with Crippen LogP contribution in [0.1, 0.15) is 83.5 Å². The van der Waals surface area contributed by atoms with E-state index < -0.39 is 0 Å². The highest BCUT2D eigenvalue weighted by molar-refractivity contribution is 5.53. The van der Waals surface area contributed by atoms with Crippen LogP contribution in [0.25, 0.3) is 0 Å². The normalized spacial score (nSPS) is 47.9. The van der Waals surface area contributed by atoms with Gasteiger partial charge in [0.2, 0.25) is 0 Å². The molecule has 1 aliphatic heterocycles. The minimum absolute atomic E-state index is 0.503. The third kappa shape index (κ3) is 1.86. The summed E-state index contributed by atoms with van der Waals surface area (Å²) in [7, 11) is 0. The van der Waals surface area contributed by atoms with Crippen LogP contribution in [0.4, 0.5) is 5.69 Å². The van der Waals surface area contributed by atoms with Gasteiger partial charge < -0.3 is 4.90 Å². The van der Waals surface area contributed by atoms with Crippen LogP contribution < -0.4 is 4.90 Å². The lowest BCUT2D eigenvalue weighted by Crippen LogP contribution is -2.65. The molecule has 1 aromatic rings. The second kappa shape index (κ2) is 5.58. The number of hydrogen-bond acceptors (Lipinski definition) is 1. The smallest absolute Gasteiger partial charge is 0.0489 e. The Morgan fingerprint density at radius 3 is 2.32 bits per heavy atom. The van der Waals surface area contributed by atoms with E-state index in [2.05, 4.69) is 35.2 Å². The van der Waals surface area contributed by atoms with E-state index >= 15 is 0 Å². The van der Waals surface area contributed by atoms with Crippen molar-refractivity contribution in [3.63, 3.8) is 0 Å². The van der Waals surface area contributed by atoms with Crippen LogP contribution in [0.15, 0.2) is 30.3 Å². The number of hydrogen-bond donors (Lipinski definition) is 0. The first-order chi connectivity index (χ1) is 13.8. The minimum Gasteiger partial charge on any atom is -0.365 e. The molecule has 6 fully saturated rings. The fourth-order valence-electron chi connectivity index (χ4n) is 10.4. The van der Waals surface area contributed by atoms with E-state index in [1.165, 1.54) is 51.5 Å². The molecule has 28 heavy (non-hydrogen) atoms. The summed E-state index contributed by atoms with van der Waals surface area (Å²) >= 11 is 0. The van der Waals surface area contributed by atoms with E-state index in [9.17, 15) is 0 Å². The van der Waals surface area contributed by atoms with Crippen LogP contribution in [0, 0.1) is 34.5 Å². The number of nitrogens with zero attached hydrogens (tertiary/aromatic N) is 1. The maximum absolute atomic E-state index is 2.99. The van der Waals surface area contributed by atoms with Gasteiger partial charge in [0, 0.05) is 17.8 Å². The molecule has 0 aromatic heterocycles. The molecule has 5 aliphatic carbocycles. The Labute approximate surface area is 171 Å². The zero-order valence-corrected chi connectivity index (χ0v) is 17.5. The number of rotatable bonds is 1. The average molecular weight is 376 g/mol. The molecule has 0 bridgehead atoms. The third-order valence-corrected chi connectivity index (χ3v) is 11.4. The monoisotopic (exact) mass is 375 g/mol. The summed E-state index contributed by atoms with van der Waals surface area (Å²) < 4.78 is 0. The lowest BCUT2D eigenvalue weighted by molar-refractivity contribution is -0.0536. The van der Waals surface area contributed by atoms with Crippen molar-refractivity contribution in [2.75, 3.05) is 11.4 Å². The number of benzene rings is 1. The van der Waals surface area contributed by atoms with E-state index in [1.807, 2.05) is 0 Å². The van der Waals surface area contributed by atoms with Gasteiger partial charge in [0.1, 0.15) is 0 Å². The van der Waals surface area contributed by atoms with E-state index in [0.717, 1.165) is 29.1 Å². The number of para-hydroxylation sites is 1. The first-order valence-electron chi connectivity index (χ1n) is 12.6. The van der Waals surface area contributed by atoms with Gasteiger partial charge in [-0.25, -0.2) is 0 Å². The maximum atomic E-state index is 2.99. The van der Waals surface area contributed by atoms with Crippen molar-refractivity contribution < 1.29 is 0 Å². The summed E-state index contributed by atoms with van der Waals surface area (Å²) in [5.41, 5.74) is 3.53. The van der Waals surface area contributed by atoms with Gasteiger partial charge in [-0.2, -0.15) is 0 Å². The van der Waals surface area contributed by atoms with Gasteiger partial charge in [0.05, 0.1) is 0 Å². The molecular formula is C27H37N. The fourth-order valence-corrected chi connectivity index (χ4v) is 10.4. The Kier molecular flexibility index (Phi) is 3.34. The number of fused-ring (bicyclic) bond motifs is 4. The summed E-state index contributed by atoms with van der Waals surface area (Å²) in [4.78, 5) is 2.99. The minimum atomic E-state index is 0.503. The molecule has 6 aliphatic rings. The van der Waals surface area contributed by atoms with E-state index in [0.29, 0.717) is 11.0 Å². The SMILES string of the molecule is c1ccc(N2CCC34CCCCC23C2CC3C(C[C@@H]2CC4)C32CCCC2)cc1. The van der Waals surface area contributed by atoms with Crippen LogP contribution >= 0.6 is 0 Å². The summed E-state index contributed by atoms with van der Waals surface area (Å²) in [6, 6.07) is 11.6. The van der Waals surface area contributed by atoms with Gasteiger partial charge in [-0.05, 0) is 104 Å². The van der Waals surface area contributed by atoms with Crippen molar-refractivity contribution in [1.29, 1.82) is 0 Å². The molecule has 6 atom stereocenters. The molecule has 1 spiro atoms. The van der Waals surface area contributed by atoms with Crippen molar-refractivity contribution in [3.05, 3.63) is 30.3 Å². The van der Waals surface area contributed by atoms with Gasteiger partial charge in [0.15, 0.2) is 0 Å². The highest BCUT2D eigenvalue weighted by Gasteiger charge is 2.73. The lowest BCUT2D eigenvalue weighted by atomic mass is 9.47. The molecule has 1 nitrogen and oxygen atoms in total. The predicted molar refractivity (Wildman–Crippen MR) is 115 cm³/mol. The van der Waals surface area contributed by atoms with Crippen molar-refractivity contribution in [2.24, 2.45) is 34.5 Å². The standard InChI is InChI=1S/C27H37N/c1-2-8-21(9-3-1)28-17-16-25-11-4-7-14-27(25,28)22-19-24-23(18-20(22)10-15-25)26(24)12-5-6-13-26/h1-3,8-9,20,22-24H,4-7,10-19H2/t20-,22?,23?,24?,25?,27?/m0/s1. The first kappa shape index (κ1) is 16.8. The van der Waals surface area contributed by atoms with Gasteiger partial charge in [-0.3, -0.25) is 0 Å². The van der Waals surface area contributed by atoms with Gasteiger partial charge in [-0.15, -0.1) is 0 Å². The van der Waals surface area contributed by atoms with Crippen molar-refractivity contribution in [3.8, 4) is 0 Å². The molecule has 1 aromatic carbocycles. The fraction of sp³-hybridized carbons (Fsp3) is 0.778. The Morgan fingerprint density at radius 1 is 0.714 bits per heavy atom. The Bertz CT molecular complexity index is 764. The molecule has 150 valence electrons. The second-order valence-electron chi connectivity index (χ2n) is 11.7. The molecule has 0 N–H and O–H groups in total. The van der Waals surface area contributed by atoms with Crippen molar-refractivity contribution in [2.45, 2.75) is 89.0 Å². The topological polar surface area (TPSA) is 3.24 Å². The Balaban J connectivity index is 1.32. The van der Waals surface area contributed by atoms with Crippen molar-refractivity contribution >= 4 is 5.69 Å². The van der Waals surface area contributed by atoms with Crippen molar-refractivity contribution in [1.82, 2.24) is 0 Å². The summed E-state index contributed by atoms with van der Waals surface area (Å²) in [6.45, 7) is 1.33. The zero-order valence-electron chi connectivity index (χ0n) is 17.5. The first-order valence-corrected chi connectivity index (χ1v) is 12.6. The quantitative estimate of drug-likeness (QED) is 0.520. The molecule has 1 saturated heterocycles. The van der Waals surface area contributed by atoms with Gasteiger partial charge in [0.25, 0.3) is 0 Å². The number of anilines is 1. The largest absolute Gasteiger partial charge is 0.365 e. The summed E-state index contributed by atoms with van der Waals surface area (Å²) in [5, 5.41) is 0. The van der Waals surface area contributed by atoms with E-state index in [1.54, 1.807) is 44.2 Å². The second-order valence-corrected chi connectivity index (χ2v) is 11.7. The molecule has 1 heteroatoms. The summed E-state index contributed by atoms with van der Waals surface area (Å²) in [6.07, 6.45) is 20.0. The van der Waals surface area contributed by atoms with Crippen LogP contribution in [-0.4, -0.2) is 12.1 Å².